The Kier molecular flexibility index (Phi) is 61.1. The van der Waals surface area contributed by atoms with Gasteiger partial charge in [0.1, 0.15) is 13.2 Å². The third-order valence-electron chi connectivity index (χ3n) is 15.3. The predicted molar refractivity (Wildman–Crippen MR) is 317 cm³/mol. The van der Waals surface area contributed by atoms with Crippen molar-refractivity contribution in [3.05, 3.63) is 12.2 Å². The molecule has 0 amide bonds. The van der Waals surface area contributed by atoms with Crippen molar-refractivity contribution < 1.29 is 28.6 Å². The number of ether oxygens (including phenoxy) is 3. The van der Waals surface area contributed by atoms with Crippen LogP contribution in [0.2, 0.25) is 0 Å². The smallest absolute Gasteiger partial charge is 0.306 e. The van der Waals surface area contributed by atoms with E-state index in [9.17, 15) is 14.4 Å². The maximum Gasteiger partial charge on any atom is 0.306 e. The summed E-state index contributed by atoms with van der Waals surface area (Å²) < 4.78 is 16.9. The zero-order valence-corrected chi connectivity index (χ0v) is 49.7. The quantitative estimate of drug-likeness (QED) is 0.0261. The van der Waals surface area contributed by atoms with Crippen LogP contribution in [0.5, 0.6) is 0 Å². The summed E-state index contributed by atoms with van der Waals surface area (Å²) in [5.41, 5.74) is 0. The summed E-state index contributed by atoms with van der Waals surface area (Å²) in [6, 6.07) is 0. The number of esters is 3. The van der Waals surface area contributed by atoms with Gasteiger partial charge in [0.25, 0.3) is 0 Å². The molecule has 1 unspecified atom stereocenters. The van der Waals surface area contributed by atoms with Gasteiger partial charge in [0, 0.05) is 19.3 Å². The van der Waals surface area contributed by atoms with Crippen LogP contribution in [0.1, 0.15) is 380 Å². The van der Waals surface area contributed by atoms with Crippen molar-refractivity contribution in [1.29, 1.82) is 0 Å². The number of carbonyl (C=O) groups is 3. The third kappa shape index (κ3) is 60.9. The minimum absolute atomic E-state index is 0.0660. The van der Waals surface area contributed by atoms with Crippen LogP contribution in [0.3, 0.4) is 0 Å². The van der Waals surface area contributed by atoms with Crippen molar-refractivity contribution in [2.45, 2.75) is 386 Å². The van der Waals surface area contributed by atoms with Crippen molar-refractivity contribution >= 4 is 17.9 Å². The molecule has 0 heterocycles. The first kappa shape index (κ1) is 71.2. The molecule has 0 radical (unpaired) electrons. The second-order valence-electron chi connectivity index (χ2n) is 22.7. The highest BCUT2D eigenvalue weighted by Gasteiger charge is 2.19. The molecule has 0 rings (SSSR count). The lowest BCUT2D eigenvalue weighted by Gasteiger charge is -2.18. The molecule has 0 aliphatic rings. The standard InChI is InChI=1S/C67H128O6/c1-4-7-10-13-16-19-22-25-28-29-30-31-32-33-34-35-36-37-38-40-42-45-48-51-54-57-60-66(69)72-63-64(62-71-65(68)59-56-53-50-47-44-41-27-24-21-18-15-12-9-6-3)73-67(70)61-58-55-52-49-46-43-39-26-23-20-17-14-11-8-5-2/h24,27,64H,4-23,25-26,28-63H2,1-3H3/b27-24-. The highest BCUT2D eigenvalue weighted by atomic mass is 16.6. The van der Waals surface area contributed by atoms with Crippen molar-refractivity contribution in [1.82, 2.24) is 0 Å². The van der Waals surface area contributed by atoms with E-state index >= 15 is 0 Å². The highest BCUT2D eigenvalue weighted by Crippen LogP contribution is 2.18. The topological polar surface area (TPSA) is 78.9 Å². The fourth-order valence-electron chi connectivity index (χ4n) is 10.3. The van der Waals surface area contributed by atoms with Crippen LogP contribution >= 0.6 is 0 Å². The van der Waals surface area contributed by atoms with Gasteiger partial charge in [-0.15, -0.1) is 0 Å². The van der Waals surface area contributed by atoms with Gasteiger partial charge in [-0.2, -0.15) is 0 Å². The molecular weight excluding hydrogens is 901 g/mol. The van der Waals surface area contributed by atoms with Crippen molar-refractivity contribution in [2.75, 3.05) is 13.2 Å². The summed E-state index contributed by atoms with van der Waals surface area (Å²) in [6.07, 6.45) is 73.8. The predicted octanol–water partition coefficient (Wildman–Crippen LogP) is 22.4. The molecular formula is C67H128O6. The average molecular weight is 1030 g/mol. The molecule has 432 valence electrons. The van der Waals surface area contributed by atoms with Crippen molar-refractivity contribution in [3.8, 4) is 0 Å². The molecule has 0 aromatic heterocycles. The minimum Gasteiger partial charge on any atom is -0.462 e. The Balaban J connectivity index is 4.18. The van der Waals surface area contributed by atoms with Gasteiger partial charge in [-0.1, -0.05) is 328 Å². The Morgan fingerprint density at radius 3 is 0.685 bits per heavy atom. The van der Waals surface area contributed by atoms with Crippen LogP contribution in [0.25, 0.3) is 0 Å². The first-order valence-corrected chi connectivity index (χ1v) is 33.2. The number of hydrogen-bond donors (Lipinski definition) is 0. The van der Waals surface area contributed by atoms with Crippen molar-refractivity contribution in [3.63, 3.8) is 0 Å². The number of carbonyl (C=O) groups excluding carboxylic acids is 3. The molecule has 0 aliphatic carbocycles. The van der Waals surface area contributed by atoms with E-state index in [4.69, 9.17) is 14.2 Å². The lowest BCUT2D eigenvalue weighted by Crippen LogP contribution is -2.30. The summed E-state index contributed by atoms with van der Waals surface area (Å²) in [6.45, 7) is 6.70. The first-order valence-electron chi connectivity index (χ1n) is 33.2. The number of unbranched alkanes of at least 4 members (excludes halogenated alkanes) is 49. The van der Waals surface area contributed by atoms with Gasteiger partial charge in [-0.05, 0) is 44.9 Å². The second-order valence-corrected chi connectivity index (χ2v) is 22.7. The van der Waals surface area contributed by atoms with Crippen LogP contribution in [-0.4, -0.2) is 37.2 Å². The van der Waals surface area contributed by atoms with E-state index in [2.05, 4.69) is 32.9 Å². The summed E-state index contributed by atoms with van der Waals surface area (Å²) in [5.74, 6) is -0.844. The zero-order chi connectivity index (χ0) is 52.9. The molecule has 0 N–H and O–H groups in total. The Morgan fingerprint density at radius 2 is 0.452 bits per heavy atom. The largest absolute Gasteiger partial charge is 0.462 e. The van der Waals surface area contributed by atoms with E-state index in [1.807, 2.05) is 0 Å². The van der Waals surface area contributed by atoms with E-state index in [1.54, 1.807) is 0 Å². The fraction of sp³-hybridized carbons (Fsp3) is 0.925. The molecule has 0 spiro atoms. The van der Waals surface area contributed by atoms with Gasteiger partial charge >= 0.3 is 17.9 Å². The van der Waals surface area contributed by atoms with Crippen LogP contribution in [-0.2, 0) is 28.6 Å². The molecule has 0 aromatic rings. The Morgan fingerprint density at radius 1 is 0.260 bits per heavy atom. The van der Waals surface area contributed by atoms with Crippen LogP contribution < -0.4 is 0 Å². The van der Waals surface area contributed by atoms with Gasteiger partial charge in [-0.3, -0.25) is 14.4 Å². The molecule has 0 aromatic carbocycles. The molecule has 0 aliphatic heterocycles. The summed E-state index contributed by atoms with van der Waals surface area (Å²) in [4.78, 5) is 38.3. The maximum atomic E-state index is 12.9. The maximum absolute atomic E-state index is 12.9. The van der Waals surface area contributed by atoms with Crippen LogP contribution in [0.4, 0.5) is 0 Å². The third-order valence-corrected chi connectivity index (χ3v) is 15.3. The van der Waals surface area contributed by atoms with Gasteiger partial charge in [0.05, 0.1) is 0 Å². The lowest BCUT2D eigenvalue weighted by molar-refractivity contribution is -0.167. The highest BCUT2D eigenvalue weighted by molar-refractivity contribution is 5.71. The zero-order valence-electron chi connectivity index (χ0n) is 49.7. The van der Waals surface area contributed by atoms with E-state index < -0.39 is 6.10 Å². The second kappa shape index (κ2) is 62.7. The molecule has 73 heavy (non-hydrogen) atoms. The van der Waals surface area contributed by atoms with Gasteiger partial charge < -0.3 is 14.2 Å². The molecule has 0 saturated carbocycles. The molecule has 1 atom stereocenters. The molecule has 0 fully saturated rings. The molecule has 0 bridgehead atoms. The van der Waals surface area contributed by atoms with Crippen LogP contribution in [0.15, 0.2) is 12.2 Å². The number of rotatable bonds is 62. The lowest BCUT2D eigenvalue weighted by atomic mass is 10.0. The summed E-state index contributed by atoms with van der Waals surface area (Å²) in [5, 5.41) is 0. The average Bonchev–Trinajstić information content (AvgIpc) is 3.39. The number of hydrogen-bond acceptors (Lipinski definition) is 6. The monoisotopic (exact) mass is 1030 g/mol. The van der Waals surface area contributed by atoms with Crippen molar-refractivity contribution in [2.24, 2.45) is 0 Å². The van der Waals surface area contributed by atoms with E-state index in [0.717, 1.165) is 64.2 Å². The van der Waals surface area contributed by atoms with Gasteiger partial charge in [-0.25, -0.2) is 0 Å². The van der Waals surface area contributed by atoms with E-state index in [-0.39, 0.29) is 31.1 Å². The Bertz CT molecular complexity index is 1130. The SMILES string of the molecule is CCCCCCC/C=C\CCCCCCCC(=O)OCC(COC(=O)CCCCCCCCCCCCCCCCCCCCCCCCCCCC)OC(=O)CCCCCCCCCCCCCCCCC. The summed E-state index contributed by atoms with van der Waals surface area (Å²) >= 11 is 0. The number of allylic oxidation sites excluding steroid dienone is 2. The van der Waals surface area contributed by atoms with Gasteiger partial charge in [0.15, 0.2) is 6.10 Å². The summed E-state index contributed by atoms with van der Waals surface area (Å²) in [7, 11) is 0. The molecule has 6 nitrogen and oxygen atoms in total. The van der Waals surface area contributed by atoms with E-state index in [0.29, 0.717) is 19.3 Å². The minimum atomic E-state index is -0.768. The normalized spacial score (nSPS) is 12.0. The first-order chi connectivity index (χ1) is 36.0. The van der Waals surface area contributed by atoms with E-state index in [1.165, 1.54) is 276 Å². The molecule has 0 saturated heterocycles. The molecule has 6 heteroatoms. The Hall–Kier alpha value is -1.85. The van der Waals surface area contributed by atoms with Gasteiger partial charge in [0.2, 0.25) is 0 Å². The Labute approximate surface area is 456 Å². The fourth-order valence-corrected chi connectivity index (χ4v) is 10.3. The van der Waals surface area contributed by atoms with Crippen LogP contribution in [0, 0.1) is 0 Å².